The van der Waals surface area contributed by atoms with Gasteiger partial charge in [0.15, 0.2) is 0 Å². The van der Waals surface area contributed by atoms with Gasteiger partial charge >= 0.3 is 6.09 Å². The number of aliphatic hydroxyl groups is 1. The van der Waals surface area contributed by atoms with E-state index in [2.05, 4.69) is 11.4 Å². The monoisotopic (exact) mass is 620 g/mol. The van der Waals surface area contributed by atoms with Crippen LogP contribution in [0.1, 0.15) is 66.0 Å². The lowest BCUT2D eigenvalue weighted by atomic mass is 9.84. The zero-order valence-electron chi connectivity index (χ0n) is 20.9. The van der Waals surface area contributed by atoms with Crippen LogP contribution < -0.4 is 5.32 Å². The molecule has 0 atom stereocenters. The number of benzene rings is 2. The van der Waals surface area contributed by atoms with Gasteiger partial charge in [0.25, 0.3) is 0 Å². The van der Waals surface area contributed by atoms with Crippen molar-refractivity contribution in [2.45, 2.75) is 66.1 Å². The summed E-state index contributed by atoms with van der Waals surface area (Å²) >= 11 is 0. The van der Waals surface area contributed by atoms with E-state index in [1.165, 1.54) is 12.1 Å². The average Bonchev–Trinajstić information content (AvgIpc) is 2.80. The number of nitrogens with one attached hydrogen (secondary N) is 1. The van der Waals surface area contributed by atoms with E-state index in [1.54, 1.807) is 29.2 Å². The van der Waals surface area contributed by atoms with Crippen LogP contribution in [0.4, 0.5) is 13.6 Å². The number of hydrogen-bond acceptors (Lipinski definition) is 4. The molecule has 2 aliphatic heterocycles. The molecule has 2 N–H and O–H groups in total. The highest BCUT2D eigenvalue weighted by Crippen LogP contribution is 2.34. The Balaban J connectivity index is 0. The third kappa shape index (κ3) is 10.6. The van der Waals surface area contributed by atoms with Gasteiger partial charge in [0.05, 0.1) is 5.60 Å². The van der Waals surface area contributed by atoms with Gasteiger partial charge in [-0.25, -0.2) is 13.6 Å². The first kappa shape index (κ1) is 38.1. The second-order valence-electron chi connectivity index (χ2n) is 9.64. The minimum atomic E-state index is -1.22. The van der Waals surface area contributed by atoms with Crippen molar-refractivity contribution >= 4 is 41.1 Å². The van der Waals surface area contributed by atoms with Crippen molar-refractivity contribution in [3.8, 4) is 0 Å². The third-order valence-corrected chi connectivity index (χ3v) is 5.90. The molecule has 5 nitrogen and oxygen atoms in total. The minimum absolute atomic E-state index is 0. The smallest absolute Gasteiger partial charge is 0.410 e. The van der Waals surface area contributed by atoms with E-state index < -0.39 is 23.1 Å². The molecule has 9 heteroatoms. The molecule has 0 aliphatic carbocycles. The highest BCUT2D eigenvalue weighted by atomic mass is 79.9. The lowest BCUT2D eigenvalue weighted by Crippen LogP contribution is -2.47. The molecule has 0 aromatic heterocycles. The normalized spacial score (nSPS) is 15.9. The van der Waals surface area contributed by atoms with E-state index in [0.29, 0.717) is 31.5 Å². The molecule has 0 saturated carbocycles. The van der Waals surface area contributed by atoms with Crippen LogP contribution in [0.15, 0.2) is 54.6 Å². The van der Waals surface area contributed by atoms with E-state index in [4.69, 9.17) is 4.74 Å². The fourth-order valence-electron chi connectivity index (χ4n) is 4.08. The molecule has 0 unspecified atom stereocenters. The molecule has 1 fully saturated rings. The zero-order valence-corrected chi connectivity index (χ0v) is 23.5. The van der Waals surface area contributed by atoms with E-state index in [1.807, 2.05) is 32.9 Å². The van der Waals surface area contributed by atoms with Crippen molar-refractivity contribution in [3.05, 3.63) is 77.4 Å². The molecule has 2 aliphatic rings. The Hall–Kier alpha value is -2.00. The van der Waals surface area contributed by atoms with E-state index in [9.17, 15) is 18.7 Å². The fraction of sp³-hybridized carbons (Fsp3) is 0.483. The summed E-state index contributed by atoms with van der Waals surface area (Å²) in [5.41, 5.74) is 0.412. The van der Waals surface area contributed by atoms with E-state index >= 15 is 0 Å². The number of likely N-dealkylation sites (tertiary alicyclic amines) is 1. The molecule has 2 heterocycles. The number of rotatable bonds is 2. The number of halogens is 4. The van der Waals surface area contributed by atoms with Gasteiger partial charge in [-0.2, -0.15) is 0 Å². The lowest BCUT2D eigenvalue weighted by Gasteiger charge is -2.39. The lowest BCUT2D eigenvalue weighted by molar-refractivity contribution is -0.0374. The number of ether oxygens (including phenoxy) is 1. The fourth-order valence-corrected chi connectivity index (χ4v) is 4.08. The van der Waals surface area contributed by atoms with Crippen molar-refractivity contribution in [2.75, 3.05) is 26.2 Å². The summed E-state index contributed by atoms with van der Waals surface area (Å²) in [5.74, 6) is -0.527. The number of carbonyl (C=O) groups is 1. The van der Waals surface area contributed by atoms with Crippen molar-refractivity contribution in [3.63, 3.8) is 0 Å². The predicted molar refractivity (Wildman–Crippen MR) is 160 cm³/mol. The van der Waals surface area contributed by atoms with E-state index in [0.717, 1.165) is 30.6 Å². The topological polar surface area (TPSA) is 61.8 Å². The molecular formula is C29H44BrClF2N2O3. The maximum Gasteiger partial charge on any atom is 0.410 e. The van der Waals surface area contributed by atoms with Gasteiger partial charge in [0.2, 0.25) is 0 Å². The maximum atomic E-state index is 13.8. The Morgan fingerprint density at radius 1 is 1.00 bits per heavy atom. The van der Waals surface area contributed by atoms with Crippen LogP contribution in [0.5, 0.6) is 0 Å². The Morgan fingerprint density at radius 2 is 1.55 bits per heavy atom. The molecule has 216 valence electrons. The predicted octanol–water partition coefficient (Wildman–Crippen LogP) is 7.52. The molecule has 1 amide bonds. The Bertz CT molecular complexity index is 1020. The average molecular weight is 622 g/mol. The SMILES string of the molecule is Br.C.C.CC(C)(C)OC(=O)N1CCC(O)(c2ccccc2F)CC1.Cl.Fc1ccccc1C1=CCNCC1. The number of carbonyl (C=O) groups excluding carboxylic acids is 1. The van der Waals surface area contributed by atoms with Gasteiger partial charge in [-0.3, -0.25) is 0 Å². The van der Waals surface area contributed by atoms with Crippen LogP contribution in [-0.4, -0.2) is 47.9 Å². The summed E-state index contributed by atoms with van der Waals surface area (Å²) in [7, 11) is 0. The number of amides is 1. The van der Waals surface area contributed by atoms with Gasteiger partial charge < -0.3 is 20.1 Å². The number of nitrogens with zero attached hydrogens (tertiary/aromatic N) is 1. The number of hydrogen-bond donors (Lipinski definition) is 2. The van der Waals surface area contributed by atoms with Gasteiger partial charge in [0.1, 0.15) is 17.2 Å². The van der Waals surface area contributed by atoms with Crippen LogP contribution in [0, 0.1) is 11.6 Å². The summed E-state index contributed by atoms with van der Waals surface area (Å²) in [6.45, 7) is 7.92. The highest BCUT2D eigenvalue weighted by molar-refractivity contribution is 8.93. The molecule has 0 bridgehead atoms. The summed E-state index contributed by atoms with van der Waals surface area (Å²) in [4.78, 5) is 13.5. The molecule has 0 spiro atoms. The Morgan fingerprint density at radius 3 is 2.05 bits per heavy atom. The molecule has 4 rings (SSSR count). The van der Waals surface area contributed by atoms with Gasteiger partial charge in [-0.05, 0) is 64.3 Å². The largest absolute Gasteiger partial charge is 0.444 e. The first-order valence-corrected chi connectivity index (χ1v) is 11.7. The van der Waals surface area contributed by atoms with Crippen LogP contribution >= 0.6 is 29.4 Å². The molecular weight excluding hydrogens is 578 g/mol. The van der Waals surface area contributed by atoms with Crippen LogP contribution in [0.25, 0.3) is 5.57 Å². The summed E-state index contributed by atoms with van der Waals surface area (Å²) in [6.07, 6.45) is 3.18. The van der Waals surface area contributed by atoms with Crippen molar-refractivity contribution in [2.24, 2.45) is 0 Å². The van der Waals surface area contributed by atoms with Crippen LogP contribution in [-0.2, 0) is 10.3 Å². The van der Waals surface area contributed by atoms with Gasteiger partial charge in [-0.15, -0.1) is 29.4 Å². The molecule has 1 saturated heterocycles. The summed E-state index contributed by atoms with van der Waals surface area (Å²) in [6, 6.07) is 13.2. The first-order chi connectivity index (χ1) is 16.1. The standard InChI is InChI=1S/C16H22FNO3.C11H12FN.2CH4.BrH.ClH/c1-15(2,3)21-14(19)18-10-8-16(20,9-11-18)12-6-4-5-7-13(12)17;12-11-4-2-1-3-10(11)9-5-7-13-8-6-9;;;;/h4-7,20H,8-11H2,1-3H3;1-5,13H,6-8H2;2*1H4;2*1H. The van der Waals surface area contributed by atoms with Crippen molar-refractivity contribution < 1.29 is 23.4 Å². The first-order valence-electron chi connectivity index (χ1n) is 11.7. The summed E-state index contributed by atoms with van der Waals surface area (Å²) in [5, 5.41) is 13.8. The highest BCUT2D eigenvalue weighted by Gasteiger charge is 2.38. The van der Waals surface area contributed by atoms with E-state index in [-0.39, 0.29) is 50.1 Å². The molecule has 0 radical (unpaired) electrons. The Kier molecular flexibility index (Phi) is 16.9. The minimum Gasteiger partial charge on any atom is -0.444 e. The number of piperidine rings is 1. The van der Waals surface area contributed by atoms with Gasteiger partial charge in [-0.1, -0.05) is 57.3 Å². The Labute approximate surface area is 243 Å². The maximum absolute atomic E-state index is 13.8. The molecule has 2 aromatic rings. The second kappa shape index (κ2) is 16.9. The van der Waals surface area contributed by atoms with Crippen LogP contribution in [0.2, 0.25) is 0 Å². The quantitative estimate of drug-likeness (QED) is 0.364. The van der Waals surface area contributed by atoms with Crippen molar-refractivity contribution in [1.82, 2.24) is 10.2 Å². The second-order valence-corrected chi connectivity index (χ2v) is 9.64. The zero-order chi connectivity index (χ0) is 24.8. The van der Waals surface area contributed by atoms with Crippen LogP contribution in [0.3, 0.4) is 0 Å². The van der Waals surface area contributed by atoms with Crippen molar-refractivity contribution in [1.29, 1.82) is 0 Å². The van der Waals surface area contributed by atoms with Gasteiger partial charge in [0, 0.05) is 30.8 Å². The third-order valence-electron chi connectivity index (χ3n) is 5.90. The molecule has 2 aromatic carbocycles. The summed E-state index contributed by atoms with van der Waals surface area (Å²) < 4.78 is 32.5. The molecule has 38 heavy (non-hydrogen) atoms.